The van der Waals surface area contributed by atoms with Gasteiger partial charge in [-0.15, -0.1) is 12.4 Å². The van der Waals surface area contributed by atoms with Crippen LogP contribution in [0.5, 0.6) is 11.5 Å². The van der Waals surface area contributed by atoms with Crippen molar-refractivity contribution in [1.29, 1.82) is 0 Å². The molecule has 2 aliphatic heterocycles. The van der Waals surface area contributed by atoms with Crippen LogP contribution in [-0.2, 0) is 6.54 Å². The molecule has 0 radical (unpaired) electrons. The summed E-state index contributed by atoms with van der Waals surface area (Å²) in [6.07, 6.45) is 0. The molecule has 5 aromatic rings. The van der Waals surface area contributed by atoms with E-state index in [1.165, 1.54) is 5.56 Å². The Morgan fingerprint density at radius 2 is 1.56 bits per heavy atom. The van der Waals surface area contributed by atoms with Crippen LogP contribution in [0, 0.1) is 0 Å². The molecule has 182 valence electrons. The van der Waals surface area contributed by atoms with Crippen LogP contribution < -0.4 is 14.4 Å². The summed E-state index contributed by atoms with van der Waals surface area (Å²) >= 11 is 0. The van der Waals surface area contributed by atoms with E-state index in [1.54, 1.807) is 0 Å². The van der Waals surface area contributed by atoms with Gasteiger partial charge in [0.05, 0.1) is 0 Å². The normalized spacial score (nSPS) is 15.4. The topological polar surface area (TPSA) is 63.9 Å². The molecule has 1 fully saturated rings. The number of ether oxygens (including phenoxy) is 2. The second kappa shape index (κ2) is 9.33. The van der Waals surface area contributed by atoms with E-state index in [9.17, 15) is 0 Å². The fourth-order valence-corrected chi connectivity index (χ4v) is 4.92. The van der Waals surface area contributed by atoms with Gasteiger partial charge in [-0.3, -0.25) is 4.90 Å². The monoisotopic (exact) mass is 500 g/mol. The number of hydrogen-bond donors (Lipinski definition) is 0. The fraction of sp³-hybridized carbons (Fsp3) is 0.214. The highest BCUT2D eigenvalue weighted by atomic mass is 35.5. The van der Waals surface area contributed by atoms with E-state index in [4.69, 9.17) is 23.9 Å². The molecule has 4 heterocycles. The molecule has 1 saturated heterocycles. The van der Waals surface area contributed by atoms with Crippen LogP contribution in [0.2, 0.25) is 0 Å². The van der Waals surface area contributed by atoms with Crippen molar-refractivity contribution in [1.82, 2.24) is 14.9 Å². The zero-order valence-corrected chi connectivity index (χ0v) is 20.4. The number of fused-ring (bicyclic) bond motifs is 4. The SMILES string of the molecule is Cl.c1ccc(-c2nc(N3CCN(Cc4ccc5c(c4)OCO5)CC3)c3oc4ccccc4c3n2)cc1. The summed E-state index contributed by atoms with van der Waals surface area (Å²) < 4.78 is 17.3. The lowest BCUT2D eigenvalue weighted by molar-refractivity contribution is 0.174. The third-order valence-corrected chi connectivity index (χ3v) is 6.75. The Bertz CT molecular complexity index is 1530. The van der Waals surface area contributed by atoms with Crippen molar-refractivity contribution in [3.05, 3.63) is 78.4 Å². The molecule has 3 aromatic carbocycles. The zero-order chi connectivity index (χ0) is 23.2. The van der Waals surface area contributed by atoms with Crippen molar-refractivity contribution >= 4 is 40.3 Å². The molecule has 0 spiro atoms. The molecule has 0 saturated carbocycles. The van der Waals surface area contributed by atoms with Crippen LogP contribution in [0.3, 0.4) is 0 Å². The van der Waals surface area contributed by atoms with Gasteiger partial charge in [-0.25, -0.2) is 9.97 Å². The number of anilines is 1. The number of hydrogen-bond acceptors (Lipinski definition) is 7. The van der Waals surface area contributed by atoms with E-state index < -0.39 is 0 Å². The number of piperazine rings is 1. The minimum Gasteiger partial charge on any atom is -0.454 e. The smallest absolute Gasteiger partial charge is 0.231 e. The van der Waals surface area contributed by atoms with Gasteiger partial charge >= 0.3 is 0 Å². The van der Waals surface area contributed by atoms with Crippen LogP contribution in [-0.4, -0.2) is 47.8 Å². The summed E-state index contributed by atoms with van der Waals surface area (Å²) in [7, 11) is 0. The Morgan fingerprint density at radius 3 is 2.42 bits per heavy atom. The largest absolute Gasteiger partial charge is 0.454 e. The molecule has 2 aromatic heterocycles. The second-order valence-electron chi connectivity index (χ2n) is 8.96. The Balaban J connectivity index is 0.00000240. The van der Waals surface area contributed by atoms with E-state index in [-0.39, 0.29) is 12.4 Å². The summed E-state index contributed by atoms with van der Waals surface area (Å²) in [5.41, 5.74) is 4.70. The molecule has 0 aliphatic carbocycles. The highest BCUT2D eigenvalue weighted by molar-refractivity contribution is 6.06. The van der Waals surface area contributed by atoms with Gasteiger partial charge in [-0.1, -0.05) is 48.5 Å². The number of aromatic nitrogens is 2. The maximum absolute atomic E-state index is 6.29. The summed E-state index contributed by atoms with van der Waals surface area (Å²) in [6.45, 7) is 4.77. The minimum absolute atomic E-state index is 0. The van der Waals surface area contributed by atoms with E-state index in [0.29, 0.717) is 6.79 Å². The third-order valence-electron chi connectivity index (χ3n) is 6.75. The first-order valence-corrected chi connectivity index (χ1v) is 11.9. The number of halogens is 1. The van der Waals surface area contributed by atoms with Gasteiger partial charge in [-0.05, 0) is 29.8 Å². The predicted molar refractivity (Wildman–Crippen MR) is 142 cm³/mol. The quantitative estimate of drug-likeness (QED) is 0.322. The van der Waals surface area contributed by atoms with Gasteiger partial charge in [0.2, 0.25) is 6.79 Å². The Kier molecular flexibility index (Phi) is 5.87. The maximum Gasteiger partial charge on any atom is 0.231 e. The van der Waals surface area contributed by atoms with Gasteiger partial charge < -0.3 is 18.8 Å². The standard InChI is InChI=1S/C28H24N4O3.ClH/c1-2-6-20(7-3-1)27-29-25-21-8-4-5-9-22(21)35-26(25)28(30-27)32-14-12-31(13-15-32)17-19-10-11-23-24(16-19)34-18-33-23;/h1-11,16H,12-15,17-18H2;1H. The van der Waals surface area contributed by atoms with Crippen LogP contribution in [0.15, 0.2) is 77.2 Å². The molecule has 0 amide bonds. The summed E-state index contributed by atoms with van der Waals surface area (Å²) in [6, 6.07) is 24.4. The summed E-state index contributed by atoms with van der Waals surface area (Å²) in [4.78, 5) is 14.7. The van der Waals surface area contributed by atoms with E-state index in [2.05, 4.69) is 40.1 Å². The second-order valence-corrected chi connectivity index (χ2v) is 8.96. The van der Waals surface area contributed by atoms with E-state index in [0.717, 1.165) is 83.5 Å². The zero-order valence-electron chi connectivity index (χ0n) is 19.6. The van der Waals surface area contributed by atoms with Crippen molar-refractivity contribution in [2.45, 2.75) is 6.54 Å². The van der Waals surface area contributed by atoms with Gasteiger partial charge in [0.25, 0.3) is 0 Å². The fourth-order valence-electron chi connectivity index (χ4n) is 4.92. The molecular formula is C28H25ClN4O3. The first-order chi connectivity index (χ1) is 17.3. The molecule has 7 nitrogen and oxygen atoms in total. The Labute approximate surface area is 214 Å². The average molecular weight is 501 g/mol. The van der Waals surface area contributed by atoms with Crippen molar-refractivity contribution in [3.8, 4) is 22.9 Å². The maximum atomic E-state index is 6.29. The molecule has 0 N–H and O–H groups in total. The summed E-state index contributed by atoms with van der Waals surface area (Å²) in [5, 5.41) is 1.02. The molecule has 2 aliphatic rings. The van der Waals surface area contributed by atoms with E-state index in [1.807, 2.05) is 42.5 Å². The van der Waals surface area contributed by atoms with Crippen LogP contribution in [0.1, 0.15) is 5.56 Å². The third kappa shape index (κ3) is 4.00. The molecule has 0 unspecified atom stereocenters. The van der Waals surface area contributed by atoms with Gasteiger partial charge in [0, 0.05) is 43.7 Å². The van der Waals surface area contributed by atoms with Crippen LogP contribution >= 0.6 is 12.4 Å². The van der Waals surface area contributed by atoms with Crippen molar-refractivity contribution in [3.63, 3.8) is 0 Å². The summed E-state index contributed by atoms with van der Waals surface area (Å²) in [5.74, 6) is 3.25. The van der Waals surface area contributed by atoms with Gasteiger partial charge in [0.1, 0.15) is 11.1 Å². The van der Waals surface area contributed by atoms with Gasteiger partial charge in [0.15, 0.2) is 28.7 Å². The highest BCUT2D eigenvalue weighted by Gasteiger charge is 2.25. The van der Waals surface area contributed by atoms with E-state index >= 15 is 0 Å². The van der Waals surface area contributed by atoms with Gasteiger partial charge in [-0.2, -0.15) is 0 Å². The number of rotatable bonds is 4. The highest BCUT2D eigenvalue weighted by Crippen LogP contribution is 2.36. The van der Waals surface area contributed by atoms with Crippen LogP contribution in [0.4, 0.5) is 5.82 Å². The number of furan rings is 1. The molecule has 8 heteroatoms. The first kappa shape index (κ1) is 22.6. The lowest BCUT2D eigenvalue weighted by atomic mass is 10.1. The lowest BCUT2D eigenvalue weighted by Crippen LogP contribution is -2.46. The number of benzene rings is 3. The molecular weight excluding hydrogens is 476 g/mol. The molecule has 0 bridgehead atoms. The first-order valence-electron chi connectivity index (χ1n) is 11.9. The average Bonchev–Trinajstić information content (AvgIpc) is 3.53. The van der Waals surface area contributed by atoms with Crippen molar-refractivity contribution < 1.29 is 13.9 Å². The van der Waals surface area contributed by atoms with Crippen molar-refractivity contribution in [2.24, 2.45) is 0 Å². The van der Waals surface area contributed by atoms with Crippen molar-refractivity contribution in [2.75, 3.05) is 37.9 Å². The molecule has 36 heavy (non-hydrogen) atoms. The lowest BCUT2D eigenvalue weighted by Gasteiger charge is -2.35. The predicted octanol–water partition coefficient (Wildman–Crippen LogP) is 5.52. The number of nitrogens with zero attached hydrogens (tertiary/aromatic N) is 4. The number of para-hydroxylation sites is 1. The molecule has 7 rings (SSSR count). The van der Waals surface area contributed by atoms with Crippen LogP contribution in [0.25, 0.3) is 33.5 Å². The minimum atomic E-state index is 0. The molecule has 0 atom stereocenters. The Hall–Kier alpha value is -3.81. The Morgan fingerprint density at radius 1 is 0.778 bits per heavy atom.